The summed E-state index contributed by atoms with van der Waals surface area (Å²) in [5, 5.41) is 26.1. The first-order chi connectivity index (χ1) is 12.5. The van der Waals surface area contributed by atoms with Crippen molar-refractivity contribution in [3.63, 3.8) is 0 Å². The van der Waals surface area contributed by atoms with Crippen LogP contribution in [-0.2, 0) is 4.79 Å². The van der Waals surface area contributed by atoms with Crippen LogP contribution in [0.1, 0.15) is 23.6 Å². The molecule has 1 amide bonds. The van der Waals surface area contributed by atoms with E-state index in [4.69, 9.17) is 5.26 Å². The molecule has 0 aliphatic heterocycles. The zero-order valence-electron chi connectivity index (χ0n) is 14.4. The number of nitrogens with one attached hydrogen (secondary N) is 1. The average Bonchev–Trinajstić information content (AvgIpc) is 3.26. The third-order valence-corrected chi connectivity index (χ3v) is 5.57. The van der Waals surface area contributed by atoms with Crippen molar-refractivity contribution >= 4 is 34.0 Å². The van der Waals surface area contributed by atoms with E-state index in [0.717, 1.165) is 16.8 Å². The van der Waals surface area contributed by atoms with Gasteiger partial charge in [0.1, 0.15) is 11.1 Å². The second kappa shape index (κ2) is 7.68. The molecule has 0 aliphatic rings. The van der Waals surface area contributed by atoms with Gasteiger partial charge in [-0.2, -0.15) is 9.94 Å². The van der Waals surface area contributed by atoms with Crippen molar-refractivity contribution in [3.05, 3.63) is 46.3 Å². The number of amides is 1. The number of benzene rings is 1. The molecule has 3 aromatic rings. The van der Waals surface area contributed by atoms with Gasteiger partial charge in [0, 0.05) is 0 Å². The second-order valence-corrected chi connectivity index (χ2v) is 7.91. The average molecular weight is 384 g/mol. The molecule has 0 fully saturated rings. The highest BCUT2D eigenvalue weighted by Gasteiger charge is 2.21. The van der Waals surface area contributed by atoms with Gasteiger partial charge in [-0.1, -0.05) is 23.9 Å². The van der Waals surface area contributed by atoms with Crippen LogP contribution < -0.4 is 5.32 Å². The van der Waals surface area contributed by atoms with Crippen molar-refractivity contribution in [2.75, 3.05) is 5.32 Å². The first-order valence-electron chi connectivity index (χ1n) is 7.80. The van der Waals surface area contributed by atoms with Gasteiger partial charge in [0.05, 0.1) is 16.5 Å². The number of nitrogens with zero attached hydrogens (tertiary/aromatic N) is 5. The predicted octanol–water partition coefficient (Wildman–Crippen LogP) is 3.33. The number of hydrogen-bond donors (Lipinski definition) is 1. The molecule has 0 radical (unpaired) electrons. The second-order valence-electron chi connectivity index (χ2n) is 5.69. The number of aryl methyl sites for hydroxylation is 2. The van der Waals surface area contributed by atoms with Gasteiger partial charge in [-0.05, 0) is 59.8 Å². The molecule has 3 rings (SSSR count). The largest absolute Gasteiger partial charge is 0.316 e. The standard InChI is InChI=1S/C17H16N6OS2/c1-10-4-5-11(2)14(8-10)23-17(20-21-22-23)26-12(3)15(24)19-16-13(9-18)6-7-25-16/h4-8,12H,1-3H3,(H,19,24)/t12-/m0/s1. The number of carbonyl (C=O) groups excluding carboxylic acids is 1. The van der Waals surface area contributed by atoms with E-state index in [1.54, 1.807) is 23.1 Å². The van der Waals surface area contributed by atoms with Crippen LogP contribution >= 0.6 is 23.1 Å². The Morgan fingerprint density at radius 2 is 2.19 bits per heavy atom. The molecule has 0 spiro atoms. The van der Waals surface area contributed by atoms with Crippen molar-refractivity contribution < 1.29 is 4.79 Å². The van der Waals surface area contributed by atoms with E-state index in [1.165, 1.54) is 23.1 Å². The van der Waals surface area contributed by atoms with E-state index in [-0.39, 0.29) is 5.91 Å². The topological polar surface area (TPSA) is 96.5 Å². The molecule has 1 N–H and O–H groups in total. The molecule has 7 nitrogen and oxygen atoms in total. The zero-order valence-corrected chi connectivity index (χ0v) is 16.1. The Morgan fingerprint density at radius 3 is 2.96 bits per heavy atom. The van der Waals surface area contributed by atoms with Gasteiger partial charge in [0.25, 0.3) is 0 Å². The van der Waals surface area contributed by atoms with Crippen LogP contribution in [0.15, 0.2) is 34.8 Å². The number of thiophene rings is 1. The van der Waals surface area contributed by atoms with E-state index in [2.05, 4.69) is 26.9 Å². The number of aromatic nitrogens is 4. The first kappa shape index (κ1) is 18.1. The lowest BCUT2D eigenvalue weighted by Gasteiger charge is -2.12. The quantitative estimate of drug-likeness (QED) is 0.678. The van der Waals surface area contributed by atoms with E-state index in [1.807, 2.05) is 32.0 Å². The Labute approximate surface area is 159 Å². The number of hydrogen-bond acceptors (Lipinski definition) is 7. The maximum Gasteiger partial charge on any atom is 0.238 e. The van der Waals surface area contributed by atoms with Crippen molar-refractivity contribution in [1.82, 2.24) is 20.2 Å². The number of nitriles is 1. The van der Waals surface area contributed by atoms with E-state index < -0.39 is 5.25 Å². The summed E-state index contributed by atoms with van der Waals surface area (Å²) in [5.74, 6) is -0.204. The molecule has 0 unspecified atom stereocenters. The van der Waals surface area contributed by atoms with Gasteiger partial charge >= 0.3 is 0 Å². The lowest BCUT2D eigenvalue weighted by molar-refractivity contribution is -0.115. The number of rotatable bonds is 5. The summed E-state index contributed by atoms with van der Waals surface area (Å²) in [7, 11) is 0. The van der Waals surface area contributed by atoms with Crippen LogP contribution in [0.25, 0.3) is 5.69 Å². The van der Waals surface area contributed by atoms with Crippen LogP contribution in [-0.4, -0.2) is 31.4 Å². The van der Waals surface area contributed by atoms with Gasteiger partial charge in [0.15, 0.2) is 0 Å². The lowest BCUT2D eigenvalue weighted by Crippen LogP contribution is -2.22. The maximum absolute atomic E-state index is 12.5. The Kier molecular flexibility index (Phi) is 5.35. The summed E-state index contributed by atoms with van der Waals surface area (Å²) in [5.41, 5.74) is 3.49. The van der Waals surface area contributed by atoms with Gasteiger partial charge in [-0.15, -0.1) is 16.4 Å². The number of thioether (sulfide) groups is 1. The molecule has 0 saturated carbocycles. The summed E-state index contributed by atoms with van der Waals surface area (Å²) >= 11 is 2.59. The molecule has 1 aromatic carbocycles. The SMILES string of the molecule is Cc1ccc(C)c(-n2nnnc2S[C@@H](C)C(=O)Nc2sccc2C#N)c1. The third kappa shape index (κ3) is 3.76. The smallest absolute Gasteiger partial charge is 0.238 e. The Hall–Kier alpha value is -2.70. The van der Waals surface area contributed by atoms with E-state index in [0.29, 0.717) is 15.7 Å². The molecular weight excluding hydrogens is 368 g/mol. The fraction of sp³-hybridized carbons (Fsp3) is 0.235. The first-order valence-corrected chi connectivity index (χ1v) is 9.56. The normalized spacial score (nSPS) is 11.8. The van der Waals surface area contributed by atoms with Crippen molar-refractivity contribution in [1.29, 1.82) is 5.26 Å². The van der Waals surface area contributed by atoms with Crippen LogP contribution in [0.4, 0.5) is 5.00 Å². The molecule has 9 heteroatoms. The summed E-state index contributed by atoms with van der Waals surface area (Å²) < 4.78 is 1.64. The summed E-state index contributed by atoms with van der Waals surface area (Å²) in [6, 6.07) is 9.78. The van der Waals surface area contributed by atoms with Gasteiger partial charge in [-0.3, -0.25) is 4.79 Å². The molecular formula is C17H16N6OS2. The molecule has 2 heterocycles. The fourth-order valence-corrected chi connectivity index (χ4v) is 3.81. The zero-order chi connectivity index (χ0) is 18.7. The van der Waals surface area contributed by atoms with Gasteiger partial charge < -0.3 is 5.32 Å². The van der Waals surface area contributed by atoms with Gasteiger partial charge in [0.2, 0.25) is 11.1 Å². The molecule has 1 atom stereocenters. The third-order valence-electron chi connectivity index (χ3n) is 3.71. The Balaban J connectivity index is 1.78. The highest BCUT2D eigenvalue weighted by atomic mass is 32.2. The van der Waals surface area contributed by atoms with Crippen molar-refractivity contribution in [3.8, 4) is 11.8 Å². The maximum atomic E-state index is 12.5. The van der Waals surface area contributed by atoms with E-state index >= 15 is 0 Å². The minimum atomic E-state index is -0.432. The molecule has 0 saturated heterocycles. The molecule has 2 aromatic heterocycles. The monoisotopic (exact) mass is 384 g/mol. The number of tetrazole rings is 1. The number of carbonyl (C=O) groups is 1. The molecule has 26 heavy (non-hydrogen) atoms. The molecule has 132 valence electrons. The summed E-state index contributed by atoms with van der Waals surface area (Å²) in [6.45, 7) is 5.77. The lowest BCUT2D eigenvalue weighted by atomic mass is 10.1. The van der Waals surface area contributed by atoms with Gasteiger partial charge in [-0.25, -0.2) is 0 Å². The highest BCUT2D eigenvalue weighted by Crippen LogP contribution is 2.27. The van der Waals surface area contributed by atoms with Crippen molar-refractivity contribution in [2.45, 2.75) is 31.2 Å². The summed E-state index contributed by atoms with van der Waals surface area (Å²) in [6.07, 6.45) is 0. The minimum absolute atomic E-state index is 0.204. The predicted molar refractivity (Wildman–Crippen MR) is 102 cm³/mol. The Morgan fingerprint density at radius 1 is 1.38 bits per heavy atom. The summed E-state index contributed by atoms with van der Waals surface area (Å²) in [4.78, 5) is 12.5. The molecule has 0 aliphatic carbocycles. The van der Waals surface area contributed by atoms with E-state index in [9.17, 15) is 4.79 Å². The number of anilines is 1. The van der Waals surface area contributed by atoms with Crippen LogP contribution in [0.2, 0.25) is 0 Å². The fourth-order valence-electron chi connectivity index (χ4n) is 2.27. The molecule has 0 bridgehead atoms. The minimum Gasteiger partial charge on any atom is -0.316 e. The Bertz CT molecular complexity index is 987. The highest BCUT2D eigenvalue weighted by molar-refractivity contribution is 8.00. The van der Waals surface area contributed by atoms with Crippen LogP contribution in [0, 0.1) is 25.2 Å². The van der Waals surface area contributed by atoms with Crippen LogP contribution in [0.5, 0.6) is 0 Å². The van der Waals surface area contributed by atoms with Crippen LogP contribution in [0.3, 0.4) is 0 Å². The van der Waals surface area contributed by atoms with Crippen molar-refractivity contribution in [2.24, 2.45) is 0 Å².